The van der Waals surface area contributed by atoms with Crippen LogP contribution in [0.15, 0.2) is 30.3 Å². The predicted molar refractivity (Wildman–Crippen MR) is 126 cm³/mol. The van der Waals surface area contributed by atoms with E-state index in [1.807, 2.05) is 5.32 Å². The number of rotatable bonds is 9. The van der Waals surface area contributed by atoms with Gasteiger partial charge in [-0.2, -0.15) is 0 Å². The highest BCUT2D eigenvalue weighted by molar-refractivity contribution is 7.18. The number of hydrogen-bond donors (Lipinski definition) is 4. The van der Waals surface area contributed by atoms with Crippen LogP contribution in [0.3, 0.4) is 0 Å². The van der Waals surface area contributed by atoms with Crippen LogP contribution in [0.1, 0.15) is 9.67 Å². The number of halogens is 4. The number of hydrogen-bond acceptors (Lipinski definition) is 6. The number of morpholine rings is 1. The second-order valence-corrected chi connectivity index (χ2v) is 9.08. The standard InChI is InChI=1S/C21H21ClF3N5O5S/c22-16-4-3-15(36-16)20(33)26-8-14(29-21(34)27-9-17(24)25)19(32)28-13-2-1-11(7-12(13)23)30-5-6-35-10-18(30)31/h1-4,7,14,17H,5-6,8-10H2,(H,26,33)(H,28,32)(H2,27,29,34)/t14-/m0/s1. The Morgan fingerprint density at radius 1 is 1.14 bits per heavy atom. The van der Waals surface area contributed by atoms with E-state index in [4.69, 9.17) is 16.3 Å². The zero-order valence-electron chi connectivity index (χ0n) is 18.5. The summed E-state index contributed by atoms with van der Waals surface area (Å²) in [5.74, 6) is -2.73. The number of alkyl halides is 2. The molecule has 10 nitrogen and oxygen atoms in total. The van der Waals surface area contributed by atoms with Crippen molar-refractivity contribution in [2.24, 2.45) is 0 Å². The molecule has 36 heavy (non-hydrogen) atoms. The molecule has 1 aliphatic rings. The summed E-state index contributed by atoms with van der Waals surface area (Å²) in [4.78, 5) is 50.6. The van der Waals surface area contributed by atoms with Crippen LogP contribution < -0.4 is 26.2 Å². The van der Waals surface area contributed by atoms with Gasteiger partial charge in [-0.05, 0) is 30.3 Å². The van der Waals surface area contributed by atoms with Gasteiger partial charge in [0.25, 0.3) is 18.2 Å². The number of anilines is 2. The Morgan fingerprint density at radius 2 is 1.92 bits per heavy atom. The van der Waals surface area contributed by atoms with Gasteiger partial charge in [0.1, 0.15) is 18.5 Å². The quantitative estimate of drug-likeness (QED) is 0.383. The Hall–Kier alpha value is -3.36. The number of urea groups is 1. The summed E-state index contributed by atoms with van der Waals surface area (Å²) < 4.78 is 44.9. The molecule has 1 aliphatic heterocycles. The first-order chi connectivity index (χ1) is 17.1. The van der Waals surface area contributed by atoms with Crippen LogP contribution in [0.4, 0.5) is 29.3 Å². The molecule has 0 saturated carbocycles. The summed E-state index contributed by atoms with van der Waals surface area (Å²) in [5, 5.41) is 8.77. The number of amides is 5. The largest absolute Gasteiger partial charge is 0.370 e. The lowest BCUT2D eigenvalue weighted by atomic mass is 10.2. The minimum atomic E-state index is -2.82. The van der Waals surface area contributed by atoms with Crippen molar-refractivity contribution in [1.82, 2.24) is 16.0 Å². The molecular weight excluding hydrogens is 527 g/mol. The number of benzene rings is 1. The maximum Gasteiger partial charge on any atom is 0.315 e. The lowest BCUT2D eigenvalue weighted by molar-refractivity contribution is -0.125. The van der Waals surface area contributed by atoms with Crippen molar-refractivity contribution in [3.05, 3.63) is 45.4 Å². The summed E-state index contributed by atoms with van der Waals surface area (Å²) in [5.41, 5.74) is 0.00216. The number of ether oxygens (including phenoxy) is 1. The molecule has 0 unspecified atom stereocenters. The average molecular weight is 548 g/mol. The number of carbonyl (C=O) groups is 4. The van der Waals surface area contributed by atoms with Gasteiger partial charge in [-0.25, -0.2) is 18.0 Å². The summed E-state index contributed by atoms with van der Waals surface area (Å²) in [6.07, 6.45) is -2.82. The molecule has 1 aromatic heterocycles. The van der Waals surface area contributed by atoms with E-state index in [9.17, 15) is 32.3 Å². The van der Waals surface area contributed by atoms with E-state index in [0.29, 0.717) is 4.34 Å². The number of nitrogens with zero attached hydrogens (tertiary/aromatic N) is 1. The van der Waals surface area contributed by atoms with Crippen molar-refractivity contribution >= 4 is 58.1 Å². The van der Waals surface area contributed by atoms with Crippen molar-refractivity contribution < 1.29 is 37.1 Å². The predicted octanol–water partition coefficient (Wildman–Crippen LogP) is 2.21. The van der Waals surface area contributed by atoms with E-state index < -0.39 is 49.2 Å². The second kappa shape index (κ2) is 12.6. The van der Waals surface area contributed by atoms with Crippen molar-refractivity contribution in [3.63, 3.8) is 0 Å². The molecule has 194 valence electrons. The van der Waals surface area contributed by atoms with Crippen LogP contribution in [0.2, 0.25) is 4.34 Å². The Bertz CT molecular complexity index is 1140. The van der Waals surface area contributed by atoms with E-state index in [2.05, 4.69) is 16.0 Å². The third-order valence-corrected chi connectivity index (χ3v) is 6.04. The van der Waals surface area contributed by atoms with Crippen molar-refractivity contribution in [3.8, 4) is 0 Å². The zero-order chi connectivity index (χ0) is 26.2. The Morgan fingerprint density at radius 3 is 2.56 bits per heavy atom. The molecule has 15 heteroatoms. The van der Waals surface area contributed by atoms with Gasteiger partial charge < -0.3 is 30.9 Å². The van der Waals surface area contributed by atoms with E-state index in [1.165, 1.54) is 29.2 Å². The molecule has 0 spiro atoms. The highest BCUT2D eigenvalue weighted by atomic mass is 35.5. The van der Waals surface area contributed by atoms with Gasteiger partial charge in [0, 0.05) is 18.8 Å². The lowest BCUT2D eigenvalue weighted by Gasteiger charge is -2.27. The first-order valence-electron chi connectivity index (χ1n) is 10.5. The highest BCUT2D eigenvalue weighted by Crippen LogP contribution is 2.24. The molecule has 1 aromatic carbocycles. The smallest absolute Gasteiger partial charge is 0.315 e. The molecule has 0 radical (unpaired) electrons. The van der Waals surface area contributed by atoms with Crippen LogP contribution in [0.5, 0.6) is 0 Å². The maximum absolute atomic E-state index is 14.7. The Kier molecular flexibility index (Phi) is 9.50. The molecule has 0 aliphatic carbocycles. The van der Waals surface area contributed by atoms with Crippen LogP contribution in [0.25, 0.3) is 0 Å². The number of nitrogens with one attached hydrogen (secondary N) is 4. The van der Waals surface area contributed by atoms with Crippen molar-refractivity contribution in [2.75, 3.05) is 43.1 Å². The topological polar surface area (TPSA) is 129 Å². The van der Waals surface area contributed by atoms with Crippen LogP contribution >= 0.6 is 22.9 Å². The Balaban J connectivity index is 1.69. The minimum absolute atomic E-state index is 0.134. The fourth-order valence-corrected chi connectivity index (χ4v) is 4.05. The van der Waals surface area contributed by atoms with Crippen LogP contribution in [0, 0.1) is 5.82 Å². The minimum Gasteiger partial charge on any atom is -0.370 e. The van der Waals surface area contributed by atoms with Gasteiger partial charge >= 0.3 is 6.03 Å². The molecule has 0 bridgehead atoms. The van der Waals surface area contributed by atoms with Crippen LogP contribution in [-0.4, -0.2) is 69.1 Å². The van der Waals surface area contributed by atoms with E-state index in [1.54, 1.807) is 0 Å². The lowest BCUT2D eigenvalue weighted by Crippen LogP contribution is -2.53. The van der Waals surface area contributed by atoms with Crippen molar-refractivity contribution in [1.29, 1.82) is 0 Å². The maximum atomic E-state index is 14.7. The summed E-state index contributed by atoms with van der Waals surface area (Å²) in [7, 11) is 0. The van der Waals surface area contributed by atoms with E-state index in [0.717, 1.165) is 17.4 Å². The first-order valence-corrected chi connectivity index (χ1v) is 11.7. The van der Waals surface area contributed by atoms with Gasteiger partial charge in [-0.3, -0.25) is 14.4 Å². The number of thiophene rings is 1. The van der Waals surface area contributed by atoms with E-state index >= 15 is 0 Å². The molecule has 5 amide bonds. The summed E-state index contributed by atoms with van der Waals surface area (Å²) in [6.45, 7) is -1.01. The van der Waals surface area contributed by atoms with Crippen molar-refractivity contribution in [2.45, 2.75) is 12.5 Å². The van der Waals surface area contributed by atoms with E-state index in [-0.39, 0.29) is 41.9 Å². The molecule has 2 heterocycles. The Labute approximate surface area is 212 Å². The third-order valence-electron chi connectivity index (χ3n) is 4.81. The molecule has 4 N–H and O–H groups in total. The molecule has 3 rings (SSSR count). The molecule has 1 saturated heterocycles. The number of carbonyl (C=O) groups excluding carboxylic acids is 4. The second-order valence-electron chi connectivity index (χ2n) is 7.36. The SMILES string of the molecule is O=C(NCC(F)F)N[C@@H](CNC(=O)c1ccc(Cl)s1)C(=O)Nc1ccc(N2CCOCC2=O)cc1F. The van der Waals surface area contributed by atoms with Gasteiger partial charge in [-0.1, -0.05) is 11.6 Å². The van der Waals surface area contributed by atoms with Crippen LogP contribution in [-0.2, 0) is 14.3 Å². The van der Waals surface area contributed by atoms with Gasteiger partial charge in [0.15, 0.2) is 0 Å². The highest BCUT2D eigenvalue weighted by Gasteiger charge is 2.25. The zero-order valence-corrected chi connectivity index (χ0v) is 20.1. The monoisotopic (exact) mass is 547 g/mol. The van der Waals surface area contributed by atoms with Gasteiger partial charge in [0.2, 0.25) is 5.91 Å². The summed E-state index contributed by atoms with van der Waals surface area (Å²) >= 11 is 6.79. The fraction of sp³-hybridized carbons (Fsp3) is 0.333. The molecule has 1 atom stereocenters. The normalized spacial score (nSPS) is 14.4. The molecule has 2 aromatic rings. The molecule has 1 fully saturated rings. The average Bonchev–Trinajstić information content (AvgIpc) is 3.28. The fourth-order valence-electron chi connectivity index (χ4n) is 3.09. The molecular formula is C21H21ClF3N5O5S. The third kappa shape index (κ3) is 7.57. The van der Waals surface area contributed by atoms with Gasteiger partial charge in [-0.15, -0.1) is 11.3 Å². The first kappa shape index (κ1) is 27.2. The summed E-state index contributed by atoms with van der Waals surface area (Å²) in [6, 6.07) is 4.11. The van der Waals surface area contributed by atoms with Gasteiger partial charge in [0.05, 0.1) is 28.1 Å².